The van der Waals surface area contributed by atoms with Crippen LogP contribution >= 0.6 is 0 Å². The molecule has 1 aliphatic heterocycles. The molecule has 1 rings (SSSR count). The van der Waals surface area contributed by atoms with Gasteiger partial charge in [0.2, 0.25) is 11.8 Å². The molecule has 0 aliphatic carbocycles. The quantitative estimate of drug-likeness (QED) is 0.704. The number of nitrogens with zero attached hydrogens (tertiary/aromatic N) is 1. The number of nitrogens with two attached hydrogens (primary N) is 1. The zero-order valence-corrected chi connectivity index (χ0v) is 10.0. The summed E-state index contributed by atoms with van der Waals surface area (Å²) in [6.45, 7) is 4.17. The van der Waals surface area contributed by atoms with Gasteiger partial charge >= 0.3 is 0 Å². The van der Waals surface area contributed by atoms with Crippen molar-refractivity contribution in [2.45, 2.75) is 45.2 Å². The van der Waals surface area contributed by atoms with Crippen LogP contribution in [0, 0.1) is 0 Å². The Hall–Kier alpha value is -1.10. The molecule has 2 unspecified atom stereocenters. The highest BCUT2D eigenvalue weighted by molar-refractivity contribution is 5.84. The SMILES string of the molecule is CC(=O)NCC(=O)N1CCCCC1C(C)N. The van der Waals surface area contributed by atoms with Gasteiger partial charge in [-0.15, -0.1) is 0 Å². The van der Waals surface area contributed by atoms with Crippen molar-refractivity contribution in [3.05, 3.63) is 0 Å². The maximum Gasteiger partial charge on any atom is 0.242 e. The van der Waals surface area contributed by atoms with Crippen molar-refractivity contribution in [1.82, 2.24) is 10.2 Å². The molecule has 1 saturated heterocycles. The molecule has 2 atom stereocenters. The maximum absolute atomic E-state index is 11.9. The number of amides is 2. The number of nitrogens with one attached hydrogen (secondary N) is 1. The molecule has 1 aliphatic rings. The molecule has 1 heterocycles. The third-order valence-corrected chi connectivity index (χ3v) is 2.97. The monoisotopic (exact) mass is 227 g/mol. The topological polar surface area (TPSA) is 75.4 Å². The average Bonchev–Trinajstić information content (AvgIpc) is 2.25. The number of carbonyl (C=O) groups is 2. The van der Waals surface area contributed by atoms with E-state index in [-0.39, 0.29) is 30.4 Å². The Labute approximate surface area is 96.4 Å². The van der Waals surface area contributed by atoms with Gasteiger partial charge in [-0.2, -0.15) is 0 Å². The van der Waals surface area contributed by atoms with Gasteiger partial charge in [-0.3, -0.25) is 9.59 Å². The molecule has 0 aromatic rings. The molecule has 0 saturated carbocycles. The largest absolute Gasteiger partial charge is 0.347 e. The lowest BCUT2D eigenvalue weighted by Gasteiger charge is -2.38. The van der Waals surface area contributed by atoms with Gasteiger partial charge in [-0.1, -0.05) is 0 Å². The Morgan fingerprint density at radius 3 is 2.75 bits per heavy atom. The summed E-state index contributed by atoms with van der Waals surface area (Å²) in [6, 6.07) is 0.108. The van der Waals surface area contributed by atoms with Crippen LogP contribution in [0.1, 0.15) is 33.1 Å². The van der Waals surface area contributed by atoms with Crippen molar-refractivity contribution in [3.8, 4) is 0 Å². The lowest BCUT2D eigenvalue weighted by molar-refractivity contribution is -0.136. The van der Waals surface area contributed by atoms with Crippen LogP contribution < -0.4 is 11.1 Å². The summed E-state index contributed by atoms with van der Waals surface area (Å²) in [7, 11) is 0. The fourth-order valence-corrected chi connectivity index (χ4v) is 2.12. The molecule has 5 heteroatoms. The van der Waals surface area contributed by atoms with Crippen molar-refractivity contribution in [3.63, 3.8) is 0 Å². The summed E-state index contributed by atoms with van der Waals surface area (Å²) in [4.78, 5) is 24.4. The van der Waals surface area contributed by atoms with Crippen LogP contribution in [0.4, 0.5) is 0 Å². The fourth-order valence-electron chi connectivity index (χ4n) is 2.12. The Balaban J connectivity index is 2.53. The molecule has 0 aromatic heterocycles. The molecule has 0 spiro atoms. The minimum Gasteiger partial charge on any atom is -0.347 e. The number of likely N-dealkylation sites (tertiary alicyclic amines) is 1. The minimum absolute atomic E-state index is 0.0124. The first kappa shape index (κ1) is 13.0. The molecule has 92 valence electrons. The van der Waals surface area contributed by atoms with Crippen LogP contribution in [0.15, 0.2) is 0 Å². The van der Waals surface area contributed by atoms with Gasteiger partial charge in [0.1, 0.15) is 0 Å². The van der Waals surface area contributed by atoms with Gasteiger partial charge in [0.15, 0.2) is 0 Å². The van der Waals surface area contributed by atoms with E-state index in [1.54, 1.807) is 0 Å². The molecule has 16 heavy (non-hydrogen) atoms. The molecule has 0 aromatic carbocycles. The van der Waals surface area contributed by atoms with Crippen molar-refractivity contribution < 1.29 is 9.59 Å². The highest BCUT2D eigenvalue weighted by Gasteiger charge is 2.28. The van der Waals surface area contributed by atoms with Crippen LogP contribution in [0.25, 0.3) is 0 Å². The lowest BCUT2D eigenvalue weighted by atomic mass is 9.97. The van der Waals surface area contributed by atoms with Crippen LogP contribution in [0.5, 0.6) is 0 Å². The van der Waals surface area contributed by atoms with E-state index in [1.165, 1.54) is 6.92 Å². The number of rotatable bonds is 3. The van der Waals surface area contributed by atoms with Gasteiger partial charge in [0, 0.05) is 25.6 Å². The van der Waals surface area contributed by atoms with E-state index in [9.17, 15) is 9.59 Å². The van der Waals surface area contributed by atoms with Crippen molar-refractivity contribution in [2.24, 2.45) is 5.73 Å². The van der Waals surface area contributed by atoms with E-state index in [0.717, 1.165) is 25.8 Å². The number of piperidine rings is 1. The van der Waals surface area contributed by atoms with Crippen LogP contribution in [-0.4, -0.2) is 41.9 Å². The number of carbonyl (C=O) groups excluding carboxylic acids is 2. The second-order valence-electron chi connectivity index (χ2n) is 4.42. The second-order valence-corrected chi connectivity index (χ2v) is 4.42. The summed E-state index contributed by atoms with van der Waals surface area (Å²) in [5, 5.41) is 2.53. The zero-order chi connectivity index (χ0) is 12.1. The van der Waals surface area contributed by atoms with Crippen LogP contribution in [0.2, 0.25) is 0 Å². The van der Waals surface area contributed by atoms with Gasteiger partial charge in [0.25, 0.3) is 0 Å². The predicted octanol–water partition coefficient (Wildman–Crippen LogP) is -0.149. The summed E-state index contributed by atoms with van der Waals surface area (Å²) < 4.78 is 0. The number of hydrogen-bond acceptors (Lipinski definition) is 3. The van der Waals surface area contributed by atoms with E-state index in [1.807, 2.05) is 11.8 Å². The van der Waals surface area contributed by atoms with Gasteiger partial charge in [0.05, 0.1) is 6.54 Å². The van der Waals surface area contributed by atoms with Crippen LogP contribution in [-0.2, 0) is 9.59 Å². The van der Waals surface area contributed by atoms with E-state index >= 15 is 0 Å². The molecule has 0 radical (unpaired) electrons. The van der Waals surface area contributed by atoms with E-state index in [0.29, 0.717) is 0 Å². The van der Waals surface area contributed by atoms with Crippen molar-refractivity contribution >= 4 is 11.8 Å². The molecule has 5 nitrogen and oxygen atoms in total. The summed E-state index contributed by atoms with van der Waals surface area (Å²) >= 11 is 0. The Bertz CT molecular complexity index is 266. The first-order valence-corrected chi connectivity index (χ1v) is 5.82. The number of hydrogen-bond donors (Lipinski definition) is 2. The minimum atomic E-state index is -0.178. The fraction of sp³-hybridized carbons (Fsp3) is 0.818. The summed E-state index contributed by atoms with van der Waals surface area (Å²) in [5.41, 5.74) is 5.87. The van der Waals surface area contributed by atoms with Crippen molar-refractivity contribution in [2.75, 3.05) is 13.1 Å². The van der Waals surface area contributed by atoms with E-state index < -0.39 is 0 Å². The normalized spacial score (nSPS) is 22.7. The highest BCUT2D eigenvalue weighted by atomic mass is 16.2. The summed E-state index contributed by atoms with van der Waals surface area (Å²) in [6.07, 6.45) is 3.11. The van der Waals surface area contributed by atoms with E-state index in [4.69, 9.17) is 5.73 Å². The third-order valence-electron chi connectivity index (χ3n) is 2.97. The predicted molar refractivity (Wildman–Crippen MR) is 61.7 cm³/mol. The Morgan fingerprint density at radius 2 is 2.19 bits per heavy atom. The molecule has 0 bridgehead atoms. The molecule has 1 fully saturated rings. The third kappa shape index (κ3) is 3.48. The smallest absolute Gasteiger partial charge is 0.242 e. The standard InChI is InChI=1S/C11H21N3O2/c1-8(12)10-5-3-4-6-14(10)11(16)7-13-9(2)15/h8,10H,3-7,12H2,1-2H3,(H,13,15). The van der Waals surface area contributed by atoms with Gasteiger partial charge in [-0.25, -0.2) is 0 Å². The van der Waals surface area contributed by atoms with Crippen LogP contribution in [0.3, 0.4) is 0 Å². The molecular formula is C11H21N3O2. The first-order valence-electron chi connectivity index (χ1n) is 5.82. The molecule has 2 amide bonds. The molecular weight excluding hydrogens is 206 g/mol. The first-order chi connectivity index (χ1) is 7.52. The average molecular weight is 227 g/mol. The Kier molecular flexibility index (Phi) is 4.73. The lowest BCUT2D eigenvalue weighted by Crippen LogP contribution is -2.53. The van der Waals surface area contributed by atoms with Gasteiger partial charge in [-0.05, 0) is 26.2 Å². The zero-order valence-electron chi connectivity index (χ0n) is 10.0. The maximum atomic E-state index is 11.9. The van der Waals surface area contributed by atoms with Gasteiger partial charge < -0.3 is 16.0 Å². The molecule has 3 N–H and O–H groups in total. The highest BCUT2D eigenvalue weighted by Crippen LogP contribution is 2.18. The summed E-state index contributed by atoms with van der Waals surface area (Å²) in [5.74, 6) is -0.208. The Morgan fingerprint density at radius 1 is 1.50 bits per heavy atom. The van der Waals surface area contributed by atoms with E-state index in [2.05, 4.69) is 5.32 Å². The second kappa shape index (κ2) is 5.84. The van der Waals surface area contributed by atoms with Crippen molar-refractivity contribution in [1.29, 1.82) is 0 Å².